The molecule has 0 saturated heterocycles. The highest BCUT2D eigenvalue weighted by Gasteiger charge is 2.15. The summed E-state index contributed by atoms with van der Waals surface area (Å²) in [7, 11) is 0. The minimum absolute atomic E-state index is 0.0144. The Morgan fingerprint density at radius 2 is 1.70 bits per heavy atom. The summed E-state index contributed by atoms with van der Waals surface area (Å²) in [5.74, 6) is 0.504. The van der Waals surface area contributed by atoms with Crippen molar-refractivity contribution in [3.63, 3.8) is 0 Å². The van der Waals surface area contributed by atoms with E-state index in [0.717, 1.165) is 0 Å². The summed E-state index contributed by atoms with van der Waals surface area (Å²) in [5, 5.41) is 0.591. The van der Waals surface area contributed by atoms with Crippen molar-refractivity contribution in [1.29, 1.82) is 0 Å². The van der Waals surface area contributed by atoms with Gasteiger partial charge in [-0.25, -0.2) is 4.79 Å². The normalized spacial score (nSPS) is 10.4. The molecule has 0 N–H and O–H groups in total. The molecule has 4 heteroatoms. The maximum atomic E-state index is 12.2. The van der Waals surface area contributed by atoms with Crippen molar-refractivity contribution in [3.8, 4) is 11.5 Å². The molecule has 104 valence electrons. The second-order valence-corrected chi connectivity index (χ2v) is 4.94. The number of ether oxygens (including phenoxy) is 2. The largest absolute Gasteiger partial charge is 0.490 e. The molecule has 0 radical (unpaired) electrons. The molecular weight excluding hydrogens is 276 g/mol. The molecule has 0 fully saturated rings. The quantitative estimate of drug-likeness (QED) is 0.620. The number of hydrogen-bond acceptors (Lipinski definition) is 3. The lowest BCUT2D eigenvalue weighted by Crippen LogP contribution is -2.13. The van der Waals surface area contributed by atoms with Crippen molar-refractivity contribution in [2.75, 3.05) is 0 Å². The second kappa shape index (κ2) is 6.44. The molecular formula is C16H15ClO3. The summed E-state index contributed by atoms with van der Waals surface area (Å²) < 4.78 is 10.9. The zero-order chi connectivity index (χ0) is 14.5. The third-order valence-electron chi connectivity index (χ3n) is 2.49. The van der Waals surface area contributed by atoms with Gasteiger partial charge in [-0.2, -0.15) is 0 Å². The number of carbonyl (C=O) groups is 1. The van der Waals surface area contributed by atoms with E-state index < -0.39 is 5.97 Å². The number of para-hydroxylation sites is 1. The highest BCUT2D eigenvalue weighted by molar-refractivity contribution is 6.30. The van der Waals surface area contributed by atoms with E-state index in [9.17, 15) is 4.79 Å². The van der Waals surface area contributed by atoms with Crippen LogP contribution in [-0.4, -0.2) is 12.1 Å². The number of hydrogen-bond donors (Lipinski definition) is 0. The van der Waals surface area contributed by atoms with Crippen molar-refractivity contribution < 1.29 is 14.3 Å². The molecule has 0 spiro atoms. The van der Waals surface area contributed by atoms with Crippen LogP contribution in [0.25, 0.3) is 0 Å². The summed E-state index contributed by atoms with van der Waals surface area (Å²) in [4.78, 5) is 12.2. The van der Waals surface area contributed by atoms with E-state index in [1.54, 1.807) is 42.5 Å². The van der Waals surface area contributed by atoms with Crippen LogP contribution < -0.4 is 9.47 Å². The van der Waals surface area contributed by atoms with E-state index in [1.165, 1.54) is 0 Å². The van der Waals surface area contributed by atoms with Crippen molar-refractivity contribution in [2.45, 2.75) is 20.0 Å². The van der Waals surface area contributed by atoms with Gasteiger partial charge in [0, 0.05) is 5.02 Å². The molecule has 20 heavy (non-hydrogen) atoms. The van der Waals surface area contributed by atoms with Gasteiger partial charge in [0.05, 0.1) is 6.10 Å². The minimum atomic E-state index is -0.455. The molecule has 0 saturated carbocycles. The lowest BCUT2D eigenvalue weighted by atomic mass is 10.2. The van der Waals surface area contributed by atoms with E-state index in [1.807, 2.05) is 19.9 Å². The topological polar surface area (TPSA) is 35.5 Å². The van der Waals surface area contributed by atoms with Crippen LogP contribution in [-0.2, 0) is 0 Å². The third kappa shape index (κ3) is 3.75. The van der Waals surface area contributed by atoms with Crippen LogP contribution in [0.5, 0.6) is 11.5 Å². The SMILES string of the molecule is CC(C)Oc1ccccc1C(=O)Oc1ccc(Cl)cc1. The lowest BCUT2D eigenvalue weighted by molar-refractivity contribution is 0.0728. The highest BCUT2D eigenvalue weighted by atomic mass is 35.5. The van der Waals surface area contributed by atoms with Crippen LogP contribution in [0, 0.1) is 0 Å². The first-order valence-electron chi connectivity index (χ1n) is 6.29. The molecule has 0 bridgehead atoms. The first-order valence-corrected chi connectivity index (χ1v) is 6.67. The van der Waals surface area contributed by atoms with Gasteiger partial charge in [0.1, 0.15) is 17.1 Å². The fourth-order valence-electron chi connectivity index (χ4n) is 1.66. The van der Waals surface area contributed by atoms with Gasteiger partial charge in [-0.1, -0.05) is 23.7 Å². The number of benzene rings is 2. The highest BCUT2D eigenvalue weighted by Crippen LogP contribution is 2.22. The summed E-state index contributed by atoms with van der Waals surface area (Å²) in [5.41, 5.74) is 0.399. The standard InChI is InChI=1S/C16H15ClO3/c1-11(2)19-15-6-4-3-5-14(15)16(18)20-13-9-7-12(17)8-10-13/h3-11H,1-2H3. The van der Waals surface area contributed by atoms with Gasteiger partial charge in [-0.05, 0) is 50.2 Å². The maximum Gasteiger partial charge on any atom is 0.347 e. The second-order valence-electron chi connectivity index (χ2n) is 4.51. The molecule has 0 aliphatic rings. The van der Waals surface area contributed by atoms with Gasteiger partial charge < -0.3 is 9.47 Å². The zero-order valence-electron chi connectivity index (χ0n) is 11.3. The number of halogens is 1. The molecule has 3 nitrogen and oxygen atoms in total. The van der Waals surface area contributed by atoms with Gasteiger partial charge in [-0.3, -0.25) is 0 Å². The van der Waals surface area contributed by atoms with E-state index in [2.05, 4.69) is 0 Å². The third-order valence-corrected chi connectivity index (χ3v) is 2.75. The van der Waals surface area contributed by atoms with Gasteiger partial charge >= 0.3 is 5.97 Å². The average Bonchev–Trinajstić information content (AvgIpc) is 2.41. The Kier molecular flexibility index (Phi) is 4.64. The minimum Gasteiger partial charge on any atom is -0.490 e. The van der Waals surface area contributed by atoms with Crippen LogP contribution in [0.3, 0.4) is 0 Å². The van der Waals surface area contributed by atoms with Crippen LogP contribution >= 0.6 is 11.6 Å². The molecule has 0 aliphatic carbocycles. The van der Waals surface area contributed by atoms with Gasteiger partial charge in [0.2, 0.25) is 0 Å². The molecule has 0 heterocycles. The first-order chi connectivity index (χ1) is 9.56. The Balaban J connectivity index is 2.18. The zero-order valence-corrected chi connectivity index (χ0v) is 12.1. The monoisotopic (exact) mass is 290 g/mol. The van der Waals surface area contributed by atoms with Gasteiger partial charge in [-0.15, -0.1) is 0 Å². The number of carbonyl (C=O) groups excluding carboxylic acids is 1. The van der Waals surface area contributed by atoms with E-state index in [4.69, 9.17) is 21.1 Å². The molecule has 0 atom stereocenters. The van der Waals surface area contributed by atoms with Crippen LogP contribution in [0.2, 0.25) is 5.02 Å². The fourth-order valence-corrected chi connectivity index (χ4v) is 1.78. The number of rotatable bonds is 4. The molecule has 0 aromatic heterocycles. The summed E-state index contributed by atoms with van der Waals surface area (Å²) in [6.07, 6.45) is -0.0144. The summed E-state index contributed by atoms with van der Waals surface area (Å²) in [6, 6.07) is 13.6. The van der Waals surface area contributed by atoms with Crippen molar-refractivity contribution >= 4 is 17.6 Å². The molecule has 0 unspecified atom stereocenters. The molecule has 2 rings (SSSR count). The Morgan fingerprint density at radius 3 is 2.35 bits per heavy atom. The van der Waals surface area contributed by atoms with Gasteiger partial charge in [0.15, 0.2) is 0 Å². The van der Waals surface area contributed by atoms with Crippen LogP contribution in [0.1, 0.15) is 24.2 Å². The van der Waals surface area contributed by atoms with Crippen LogP contribution in [0.15, 0.2) is 48.5 Å². The maximum absolute atomic E-state index is 12.2. The van der Waals surface area contributed by atoms with E-state index in [0.29, 0.717) is 22.1 Å². The summed E-state index contributed by atoms with van der Waals surface area (Å²) in [6.45, 7) is 3.81. The Hall–Kier alpha value is -2.00. The Labute approximate surface area is 123 Å². The Bertz CT molecular complexity index is 591. The summed E-state index contributed by atoms with van der Waals surface area (Å²) >= 11 is 5.79. The lowest BCUT2D eigenvalue weighted by Gasteiger charge is -2.13. The van der Waals surface area contributed by atoms with E-state index in [-0.39, 0.29) is 6.10 Å². The predicted molar refractivity (Wildman–Crippen MR) is 78.6 cm³/mol. The first kappa shape index (κ1) is 14.4. The average molecular weight is 291 g/mol. The fraction of sp³-hybridized carbons (Fsp3) is 0.188. The van der Waals surface area contributed by atoms with E-state index >= 15 is 0 Å². The molecule has 0 amide bonds. The Morgan fingerprint density at radius 1 is 1.05 bits per heavy atom. The molecule has 2 aromatic rings. The molecule has 2 aromatic carbocycles. The molecule has 0 aliphatic heterocycles. The van der Waals surface area contributed by atoms with Crippen molar-refractivity contribution in [2.24, 2.45) is 0 Å². The predicted octanol–water partition coefficient (Wildman–Crippen LogP) is 4.35. The van der Waals surface area contributed by atoms with Crippen molar-refractivity contribution in [1.82, 2.24) is 0 Å². The smallest absolute Gasteiger partial charge is 0.347 e. The van der Waals surface area contributed by atoms with Crippen LogP contribution in [0.4, 0.5) is 0 Å². The number of esters is 1. The van der Waals surface area contributed by atoms with Gasteiger partial charge in [0.25, 0.3) is 0 Å². The van der Waals surface area contributed by atoms with Crippen molar-refractivity contribution in [3.05, 3.63) is 59.1 Å².